The molecule has 1 fully saturated rings. The molecule has 2 heterocycles. The summed E-state index contributed by atoms with van der Waals surface area (Å²) in [6, 6.07) is 4.04. The van der Waals surface area contributed by atoms with Gasteiger partial charge < -0.3 is 20.2 Å². The van der Waals surface area contributed by atoms with E-state index in [1.54, 1.807) is 6.08 Å². The quantitative estimate of drug-likeness (QED) is 0.282. The number of carboxylic acid groups (broad SMARTS) is 1. The van der Waals surface area contributed by atoms with E-state index < -0.39 is 18.1 Å². The predicted molar refractivity (Wildman–Crippen MR) is 159 cm³/mol. The van der Waals surface area contributed by atoms with E-state index in [-0.39, 0.29) is 31.5 Å². The molecule has 1 aromatic rings. The minimum atomic E-state index is -2.63. The molecule has 0 radical (unpaired) electrons. The molecule has 4 rings (SSSR count). The maximum atomic E-state index is 13.7. The second-order valence-corrected chi connectivity index (χ2v) is 9.39. The van der Waals surface area contributed by atoms with E-state index in [0.717, 1.165) is 34.5 Å². The summed E-state index contributed by atoms with van der Waals surface area (Å²) in [5, 5.41) is 12.7. The van der Waals surface area contributed by atoms with Gasteiger partial charge in [-0.3, -0.25) is 0 Å². The van der Waals surface area contributed by atoms with E-state index in [1.807, 2.05) is 69.7 Å². The molecule has 1 aromatic carbocycles. The number of alkyl halides is 4. The molecule has 2 aliphatic heterocycles. The molecular weight excluding hydrogens is 543 g/mol. The number of nitrogens with zero attached hydrogens (tertiary/aromatic N) is 3. The number of carboxylic acids is 1. The maximum absolute atomic E-state index is 13.7. The van der Waals surface area contributed by atoms with Gasteiger partial charge in [0.2, 0.25) is 12.1 Å². The van der Waals surface area contributed by atoms with Crippen molar-refractivity contribution in [3.8, 4) is 0 Å². The number of fused-ring (bicyclic) bond motifs is 1. The summed E-state index contributed by atoms with van der Waals surface area (Å²) in [6.45, 7) is 15.1. The summed E-state index contributed by atoms with van der Waals surface area (Å²) in [6.07, 6.45) is 2.49. The number of halogens is 4. The van der Waals surface area contributed by atoms with Gasteiger partial charge in [-0.2, -0.15) is 0 Å². The van der Waals surface area contributed by atoms with Crippen molar-refractivity contribution in [2.45, 2.75) is 78.9 Å². The maximum Gasteiger partial charge on any atom is 0.337 e. The van der Waals surface area contributed by atoms with Crippen molar-refractivity contribution in [2.24, 2.45) is 4.99 Å². The van der Waals surface area contributed by atoms with Crippen LogP contribution in [0.25, 0.3) is 5.70 Å². The molecule has 0 aromatic heterocycles. The highest BCUT2D eigenvalue weighted by atomic mass is 31.0. The lowest BCUT2D eigenvalue weighted by molar-refractivity contribution is -0.132. The summed E-state index contributed by atoms with van der Waals surface area (Å²) < 4.78 is 47.9. The number of hydrogen-bond acceptors (Lipinski definition) is 5. The van der Waals surface area contributed by atoms with Gasteiger partial charge in [0.1, 0.15) is 0 Å². The lowest BCUT2D eigenvalue weighted by Gasteiger charge is -2.40. The number of carbonyl (C=O) groups is 1. The molecule has 11 heteroatoms. The number of allylic oxidation sites excluding steroid dienone is 2. The Kier molecular flexibility index (Phi) is 14.4. The van der Waals surface area contributed by atoms with Crippen molar-refractivity contribution >= 4 is 32.6 Å². The fraction of sp³-hybridized carbons (Fsp3) is 0.517. The first-order valence-electron chi connectivity index (χ1n) is 13.6. The van der Waals surface area contributed by atoms with Crippen molar-refractivity contribution in [3.63, 3.8) is 0 Å². The van der Waals surface area contributed by atoms with E-state index in [4.69, 9.17) is 4.99 Å². The van der Waals surface area contributed by atoms with Crippen LogP contribution in [0.15, 0.2) is 47.1 Å². The van der Waals surface area contributed by atoms with Crippen LogP contribution in [-0.4, -0.2) is 59.1 Å². The van der Waals surface area contributed by atoms with Crippen LogP contribution in [0.2, 0.25) is 0 Å². The largest absolute Gasteiger partial charge is 0.478 e. The zero-order chi connectivity index (χ0) is 30.6. The Hall–Kier alpha value is -2.87. The highest BCUT2D eigenvalue weighted by Gasteiger charge is 2.37. The SMILES string of the molecule is C=C1c2cc(C)cc(CNC3=CCCC=C3C(=O)O)c2N=C(N2CCC(F)(F)CC2)N1C.CC.CC.FC(F)P. The number of piperidine rings is 1. The number of aryl methyl sites for hydroxylation is 1. The van der Waals surface area contributed by atoms with Gasteiger partial charge in [0.15, 0.2) is 0 Å². The number of nitrogens with one attached hydrogen (secondary N) is 1. The number of likely N-dealkylation sites (tertiary alicyclic amines) is 1. The van der Waals surface area contributed by atoms with Crippen LogP contribution >= 0.6 is 9.24 Å². The van der Waals surface area contributed by atoms with Gasteiger partial charge in [-0.25, -0.2) is 27.3 Å². The standard InChI is InChI=1S/C24H28F2N4O2.2C2H6.CH3F2P/c1-15-12-17(14-27-20-7-5-4-6-18(20)22(31)32)21-19(13-15)16(2)29(3)23(28-21)30-10-8-24(25,26)9-11-30;2*1-2;2-1(3)4/h6-7,12-13,27H,2,4-5,8-11,14H2,1,3H3,(H,31,32);2*1-2H3;1H,4H2. The molecule has 40 heavy (non-hydrogen) atoms. The summed E-state index contributed by atoms with van der Waals surface area (Å²) in [7, 11) is 3.18. The Balaban J connectivity index is 0.000000902. The minimum absolute atomic E-state index is 0.194. The third kappa shape index (κ3) is 9.65. The van der Waals surface area contributed by atoms with Gasteiger partial charge >= 0.3 is 5.97 Å². The number of hydrogen-bond donors (Lipinski definition) is 2. The van der Waals surface area contributed by atoms with Crippen LogP contribution in [0.1, 0.15) is 70.1 Å². The molecule has 1 unspecified atom stereocenters. The first kappa shape index (κ1) is 35.2. The van der Waals surface area contributed by atoms with E-state index in [0.29, 0.717) is 24.6 Å². The van der Waals surface area contributed by atoms with Gasteiger partial charge in [0.25, 0.3) is 5.92 Å². The van der Waals surface area contributed by atoms with Crippen LogP contribution in [0.4, 0.5) is 23.2 Å². The molecule has 1 saturated heterocycles. The molecule has 0 amide bonds. The third-order valence-corrected chi connectivity index (χ3v) is 6.19. The molecular formula is C29H43F4N4O2P. The monoisotopic (exact) mass is 586 g/mol. The molecule has 224 valence electrons. The Bertz CT molecular complexity index is 1110. The molecule has 3 aliphatic rings. The topological polar surface area (TPSA) is 68.2 Å². The summed E-state index contributed by atoms with van der Waals surface area (Å²) in [4.78, 5) is 20.2. The van der Waals surface area contributed by atoms with E-state index in [1.165, 1.54) is 9.24 Å². The Morgan fingerprint density at radius 2 is 1.70 bits per heavy atom. The van der Waals surface area contributed by atoms with Gasteiger partial charge in [-0.15, -0.1) is 0 Å². The van der Waals surface area contributed by atoms with Crippen molar-refractivity contribution in [2.75, 3.05) is 20.1 Å². The number of benzene rings is 1. The number of aliphatic carboxylic acids is 1. The zero-order valence-electron chi connectivity index (χ0n) is 24.3. The normalized spacial score (nSPS) is 17.4. The van der Waals surface area contributed by atoms with E-state index in [2.05, 4.69) is 11.9 Å². The van der Waals surface area contributed by atoms with Gasteiger partial charge in [-0.05, 0) is 37.0 Å². The summed E-state index contributed by atoms with van der Waals surface area (Å²) in [5.74, 6) is -2.97. The van der Waals surface area contributed by atoms with Crippen LogP contribution in [0.5, 0.6) is 0 Å². The first-order valence-corrected chi connectivity index (χ1v) is 14.3. The number of aliphatic imine (C=N–C) groups is 1. The summed E-state index contributed by atoms with van der Waals surface area (Å²) >= 11 is 0. The first-order chi connectivity index (χ1) is 18.9. The predicted octanol–water partition coefficient (Wildman–Crippen LogP) is 7.54. The Morgan fingerprint density at radius 3 is 2.25 bits per heavy atom. The molecule has 2 N–H and O–H groups in total. The number of guanidine groups is 1. The van der Waals surface area contributed by atoms with E-state index in [9.17, 15) is 27.5 Å². The molecule has 0 saturated carbocycles. The van der Waals surface area contributed by atoms with E-state index >= 15 is 0 Å². The third-order valence-electron chi connectivity index (χ3n) is 6.19. The lowest BCUT2D eigenvalue weighted by Crippen LogP contribution is -2.48. The molecule has 0 spiro atoms. The fourth-order valence-corrected chi connectivity index (χ4v) is 4.37. The zero-order valence-corrected chi connectivity index (χ0v) is 25.5. The van der Waals surface area contributed by atoms with Crippen LogP contribution in [-0.2, 0) is 11.3 Å². The van der Waals surface area contributed by atoms with Crippen molar-refractivity contribution in [3.05, 3.63) is 58.8 Å². The van der Waals surface area contributed by atoms with Crippen molar-refractivity contribution in [1.29, 1.82) is 0 Å². The van der Waals surface area contributed by atoms with Crippen LogP contribution < -0.4 is 5.32 Å². The lowest BCUT2D eigenvalue weighted by atomic mass is 9.98. The van der Waals surface area contributed by atoms with Gasteiger partial charge in [-0.1, -0.05) is 61.7 Å². The van der Waals surface area contributed by atoms with Crippen molar-refractivity contribution < 1.29 is 27.5 Å². The Morgan fingerprint density at radius 1 is 1.15 bits per heavy atom. The average molecular weight is 587 g/mol. The number of rotatable bonds is 4. The van der Waals surface area contributed by atoms with Crippen LogP contribution in [0.3, 0.4) is 0 Å². The Labute approximate surface area is 238 Å². The van der Waals surface area contributed by atoms with Crippen LogP contribution in [0, 0.1) is 6.92 Å². The van der Waals surface area contributed by atoms with Crippen molar-refractivity contribution in [1.82, 2.24) is 15.1 Å². The smallest absolute Gasteiger partial charge is 0.337 e. The minimum Gasteiger partial charge on any atom is -0.478 e. The second kappa shape index (κ2) is 16.4. The molecule has 1 atom stereocenters. The molecule has 0 bridgehead atoms. The highest BCUT2D eigenvalue weighted by molar-refractivity contribution is 7.16. The van der Waals surface area contributed by atoms with Gasteiger partial charge in [0.05, 0.1) is 11.3 Å². The molecule has 6 nitrogen and oxygen atoms in total. The second-order valence-electron chi connectivity index (χ2n) is 8.89. The molecule has 1 aliphatic carbocycles. The van der Waals surface area contributed by atoms with Gasteiger partial charge in [0, 0.05) is 56.5 Å². The fourth-order valence-electron chi connectivity index (χ4n) is 4.37. The highest BCUT2D eigenvalue weighted by Crippen LogP contribution is 2.38. The summed E-state index contributed by atoms with van der Waals surface area (Å²) in [5.41, 5.74) is 5.23. The average Bonchev–Trinajstić information content (AvgIpc) is 2.92.